The van der Waals surface area contributed by atoms with Crippen molar-refractivity contribution in [3.05, 3.63) is 57.5 Å². The largest absolute Gasteiger partial charge is 0.495 e. The summed E-state index contributed by atoms with van der Waals surface area (Å²) in [5.74, 6) is 0.519. The average Bonchev–Trinajstić information content (AvgIpc) is 2.45. The topological polar surface area (TPSA) is 38.3 Å². The van der Waals surface area contributed by atoms with E-state index in [1.165, 1.54) is 0 Å². The lowest BCUT2D eigenvalue weighted by Gasteiger charge is -2.10. The summed E-state index contributed by atoms with van der Waals surface area (Å²) in [6.45, 7) is 0. The van der Waals surface area contributed by atoms with Crippen LogP contribution in [-0.2, 0) is 11.2 Å². The molecule has 3 nitrogen and oxygen atoms in total. The Bertz CT molecular complexity index is 646. The summed E-state index contributed by atoms with van der Waals surface area (Å²) in [6.07, 6.45) is 1.07. The smallest absolute Gasteiger partial charge is 0.224 e. The van der Waals surface area contributed by atoms with E-state index in [1.807, 2.05) is 24.3 Å². The van der Waals surface area contributed by atoms with Crippen LogP contribution >= 0.6 is 27.5 Å². The van der Waals surface area contributed by atoms with Crippen molar-refractivity contribution < 1.29 is 9.53 Å². The number of methoxy groups -OCH3 is 1. The zero-order chi connectivity index (χ0) is 15.2. The van der Waals surface area contributed by atoms with Crippen LogP contribution in [0.3, 0.4) is 0 Å². The van der Waals surface area contributed by atoms with Crippen molar-refractivity contribution in [3.8, 4) is 5.75 Å². The van der Waals surface area contributed by atoms with E-state index >= 15 is 0 Å². The molecule has 0 saturated carbocycles. The van der Waals surface area contributed by atoms with E-state index in [0.717, 1.165) is 10.0 Å². The average molecular weight is 369 g/mol. The van der Waals surface area contributed by atoms with Gasteiger partial charge < -0.3 is 10.1 Å². The van der Waals surface area contributed by atoms with Crippen molar-refractivity contribution in [1.29, 1.82) is 0 Å². The molecular weight excluding hydrogens is 354 g/mol. The van der Waals surface area contributed by atoms with Crippen LogP contribution in [-0.4, -0.2) is 13.0 Å². The molecule has 2 aromatic rings. The Kier molecular flexibility index (Phi) is 5.65. The van der Waals surface area contributed by atoms with Crippen LogP contribution in [0.2, 0.25) is 5.02 Å². The van der Waals surface area contributed by atoms with Crippen molar-refractivity contribution in [2.24, 2.45) is 0 Å². The van der Waals surface area contributed by atoms with E-state index < -0.39 is 0 Å². The van der Waals surface area contributed by atoms with Gasteiger partial charge in [-0.25, -0.2) is 0 Å². The molecule has 0 radical (unpaired) electrons. The van der Waals surface area contributed by atoms with Crippen molar-refractivity contribution in [3.63, 3.8) is 0 Å². The van der Waals surface area contributed by atoms with Gasteiger partial charge in [-0.15, -0.1) is 0 Å². The second-order valence-corrected chi connectivity index (χ2v) is 5.87. The lowest BCUT2D eigenvalue weighted by atomic mass is 10.1. The monoisotopic (exact) mass is 367 g/mol. The molecule has 0 saturated heterocycles. The number of aryl methyl sites for hydroxylation is 1. The molecule has 0 atom stereocenters. The molecule has 0 aliphatic rings. The van der Waals surface area contributed by atoms with Gasteiger partial charge in [-0.05, 0) is 42.3 Å². The van der Waals surface area contributed by atoms with Gasteiger partial charge in [0.1, 0.15) is 5.75 Å². The first-order valence-corrected chi connectivity index (χ1v) is 7.63. The van der Waals surface area contributed by atoms with Gasteiger partial charge >= 0.3 is 0 Å². The van der Waals surface area contributed by atoms with E-state index in [4.69, 9.17) is 16.3 Å². The quantitative estimate of drug-likeness (QED) is 0.832. The summed E-state index contributed by atoms with van der Waals surface area (Å²) < 4.78 is 6.21. The molecule has 0 heterocycles. The van der Waals surface area contributed by atoms with Gasteiger partial charge in [0.15, 0.2) is 0 Å². The number of halogens is 2. The van der Waals surface area contributed by atoms with Crippen molar-refractivity contribution in [1.82, 2.24) is 0 Å². The Balaban J connectivity index is 1.97. The first-order chi connectivity index (χ1) is 10.1. The van der Waals surface area contributed by atoms with E-state index in [1.54, 1.807) is 25.3 Å². The summed E-state index contributed by atoms with van der Waals surface area (Å²) in [5.41, 5.74) is 1.70. The number of amides is 1. The van der Waals surface area contributed by atoms with Gasteiger partial charge in [0.25, 0.3) is 0 Å². The van der Waals surface area contributed by atoms with Crippen LogP contribution in [0.5, 0.6) is 5.75 Å². The highest BCUT2D eigenvalue weighted by Gasteiger charge is 2.08. The maximum absolute atomic E-state index is 12.0. The number of nitrogens with one attached hydrogen (secondary N) is 1. The molecule has 2 aromatic carbocycles. The van der Waals surface area contributed by atoms with E-state index in [9.17, 15) is 4.79 Å². The third-order valence-corrected chi connectivity index (χ3v) is 3.69. The normalized spacial score (nSPS) is 10.2. The highest BCUT2D eigenvalue weighted by molar-refractivity contribution is 9.10. The van der Waals surface area contributed by atoms with Gasteiger partial charge in [0.05, 0.1) is 12.8 Å². The fourth-order valence-electron chi connectivity index (χ4n) is 1.94. The molecule has 5 heteroatoms. The molecule has 0 spiro atoms. The summed E-state index contributed by atoms with van der Waals surface area (Å²) >= 11 is 9.35. The molecule has 2 rings (SSSR count). The Labute approximate surface area is 137 Å². The second kappa shape index (κ2) is 7.48. The molecule has 0 aliphatic carbocycles. The number of ether oxygens (including phenoxy) is 1. The molecule has 0 bridgehead atoms. The lowest BCUT2D eigenvalue weighted by molar-refractivity contribution is -0.116. The van der Waals surface area contributed by atoms with Crippen LogP contribution in [0.1, 0.15) is 12.0 Å². The second-order valence-electron chi connectivity index (χ2n) is 4.52. The Hall–Kier alpha value is -1.52. The minimum atomic E-state index is -0.0736. The number of rotatable bonds is 5. The van der Waals surface area contributed by atoms with Gasteiger partial charge in [-0.1, -0.05) is 39.7 Å². The fraction of sp³-hybridized carbons (Fsp3) is 0.188. The standard InChI is InChI=1S/C16H15BrClNO2/c1-21-15-7-6-13(18)10-14(15)19-16(20)8-5-11-3-2-4-12(17)9-11/h2-4,6-7,9-10H,5,8H2,1H3,(H,19,20). The molecule has 1 N–H and O–H groups in total. The molecule has 21 heavy (non-hydrogen) atoms. The van der Waals surface area contributed by atoms with E-state index in [-0.39, 0.29) is 5.91 Å². The molecule has 0 fully saturated rings. The first-order valence-electron chi connectivity index (χ1n) is 6.46. The minimum Gasteiger partial charge on any atom is -0.495 e. The van der Waals surface area contributed by atoms with Crippen molar-refractivity contribution in [2.75, 3.05) is 12.4 Å². The lowest BCUT2D eigenvalue weighted by Crippen LogP contribution is -2.13. The van der Waals surface area contributed by atoms with Crippen LogP contribution in [0.4, 0.5) is 5.69 Å². The maximum Gasteiger partial charge on any atom is 0.224 e. The predicted molar refractivity (Wildman–Crippen MR) is 89.1 cm³/mol. The van der Waals surface area contributed by atoms with E-state index in [0.29, 0.717) is 29.3 Å². The van der Waals surface area contributed by atoms with Crippen LogP contribution < -0.4 is 10.1 Å². The van der Waals surface area contributed by atoms with Crippen LogP contribution in [0.25, 0.3) is 0 Å². The number of hydrogen-bond acceptors (Lipinski definition) is 2. The predicted octanol–water partition coefficient (Wildman–Crippen LogP) is 4.68. The Morgan fingerprint density at radius 2 is 2.10 bits per heavy atom. The first kappa shape index (κ1) is 15.9. The highest BCUT2D eigenvalue weighted by atomic mass is 79.9. The third kappa shape index (κ3) is 4.76. The molecule has 1 amide bonds. The maximum atomic E-state index is 12.0. The van der Waals surface area contributed by atoms with Gasteiger partial charge in [-0.2, -0.15) is 0 Å². The van der Waals surface area contributed by atoms with E-state index in [2.05, 4.69) is 21.2 Å². The fourth-order valence-corrected chi connectivity index (χ4v) is 2.56. The summed E-state index contributed by atoms with van der Waals surface area (Å²) in [7, 11) is 1.56. The van der Waals surface area contributed by atoms with Crippen molar-refractivity contribution >= 4 is 39.1 Å². The molecular formula is C16H15BrClNO2. The van der Waals surface area contributed by atoms with Gasteiger partial charge in [-0.3, -0.25) is 4.79 Å². The molecule has 0 aliphatic heterocycles. The zero-order valence-corrected chi connectivity index (χ0v) is 13.9. The summed E-state index contributed by atoms with van der Waals surface area (Å²) in [5, 5.41) is 3.38. The molecule has 0 unspecified atom stereocenters. The number of hydrogen-bond donors (Lipinski definition) is 1. The number of carbonyl (C=O) groups excluding carboxylic acids is 1. The zero-order valence-electron chi connectivity index (χ0n) is 11.5. The number of anilines is 1. The number of carbonyl (C=O) groups is 1. The number of benzene rings is 2. The van der Waals surface area contributed by atoms with Gasteiger partial charge in [0, 0.05) is 15.9 Å². The Morgan fingerprint density at radius 3 is 2.81 bits per heavy atom. The Morgan fingerprint density at radius 1 is 1.29 bits per heavy atom. The summed E-state index contributed by atoms with van der Waals surface area (Å²) in [6, 6.07) is 13.0. The highest BCUT2D eigenvalue weighted by Crippen LogP contribution is 2.27. The van der Waals surface area contributed by atoms with Gasteiger partial charge in [0.2, 0.25) is 5.91 Å². The van der Waals surface area contributed by atoms with Crippen LogP contribution in [0, 0.1) is 0 Å². The molecule has 0 aromatic heterocycles. The summed E-state index contributed by atoms with van der Waals surface area (Å²) in [4.78, 5) is 12.0. The van der Waals surface area contributed by atoms with Crippen LogP contribution in [0.15, 0.2) is 46.9 Å². The van der Waals surface area contributed by atoms with Crippen molar-refractivity contribution in [2.45, 2.75) is 12.8 Å². The third-order valence-electron chi connectivity index (χ3n) is 2.97. The minimum absolute atomic E-state index is 0.0736. The SMILES string of the molecule is COc1ccc(Cl)cc1NC(=O)CCc1cccc(Br)c1. The molecule has 110 valence electrons.